The van der Waals surface area contributed by atoms with Crippen molar-refractivity contribution < 1.29 is 9.53 Å². The lowest BCUT2D eigenvalue weighted by molar-refractivity contribution is -0.124. The monoisotopic (exact) mass is 235 g/mol. The van der Waals surface area contributed by atoms with E-state index in [1.807, 2.05) is 12.1 Å². The first-order valence-corrected chi connectivity index (χ1v) is 5.78. The van der Waals surface area contributed by atoms with Crippen LogP contribution in [0.2, 0.25) is 0 Å². The predicted molar refractivity (Wildman–Crippen MR) is 68.9 cm³/mol. The largest absolute Gasteiger partial charge is 0.375 e. The molecule has 0 aliphatic heterocycles. The van der Waals surface area contributed by atoms with E-state index in [1.54, 1.807) is 0 Å². The van der Waals surface area contributed by atoms with Crippen LogP contribution in [-0.4, -0.2) is 19.6 Å². The standard InChI is InChI=1S/C14H21NO2/c1-14(2,3)12-7-5-11(6-8-12)9-15-13(16)10-17-4/h5-8H,9-10H2,1-4H3,(H,15,16). The van der Waals surface area contributed by atoms with E-state index in [2.05, 4.69) is 38.2 Å². The van der Waals surface area contributed by atoms with E-state index in [-0.39, 0.29) is 17.9 Å². The third-order valence-corrected chi connectivity index (χ3v) is 2.59. The maximum Gasteiger partial charge on any atom is 0.246 e. The molecule has 0 fully saturated rings. The van der Waals surface area contributed by atoms with E-state index in [9.17, 15) is 4.79 Å². The molecule has 1 aromatic rings. The molecular weight excluding hydrogens is 214 g/mol. The third-order valence-electron chi connectivity index (χ3n) is 2.59. The highest BCUT2D eigenvalue weighted by molar-refractivity contribution is 5.77. The van der Waals surface area contributed by atoms with Crippen LogP contribution in [0.4, 0.5) is 0 Å². The Morgan fingerprint density at radius 2 is 1.82 bits per heavy atom. The quantitative estimate of drug-likeness (QED) is 0.869. The first kappa shape index (κ1) is 13.7. The highest BCUT2D eigenvalue weighted by atomic mass is 16.5. The lowest BCUT2D eigenvalue weighted by atomic mass is 9.87. The molecule has 94 valence electrons. The Bertz CT molecular complexity index is 363. The lowest BCUT2D eigenvalue weighted by Gasteiger charge is -2.19. The summed E-state index contributed by atoms with van der Waals surface area (Å²) in [6.07, 6.45) is 0. The van der Waals surface area contributed by atoms with Crippen molar-refractivity contribution in [2.45, 2.75) is 32.7 Å². The van der Waals surface area contributed by atoms with E-state index in [0.29, 0.717) is 6.54 Å². The molecule has 0 aromatic heterocycles. The minimum absolute atomic E-state index is 0.0904. The van der Waals surface area contributed by atoms with Crippen LogP contribution in [0.15, 0.2) is 24.3 Å². The normalized spacial score (nSPS) is 11.3. The van der Waals surface area contributed by atoms with Gasteiger partial charge in [-0.3, -0.25) is 4.79 Å². The molecule has 0 unspecified atom stereocenters. The molecule has 3 heteroatoms. The number of amides is 1. The van der Waals surface area contributed by atoms with Crippen molar-refractivity contribution in [1.29, 1.82) is 0 Å². The Balaban J connectivity index is 2.54. The first-order chi connectivity index (χ1) is 7.93. The molecule has 1 aromatic carbocycles. The Morgan fingerprint density at radius 3 is 2.29 bits per heavy atom. The van der Waals surface area contributed by atoms with Gasteiger partial charge < -0.3 is 10.1 Å². The van der Waals surface area contributed by atoms with Crippen molar-refractivity contribution in [2.24, 2.45) is 0 Å². The van der Waals surface area contributed by atoms with Crippen molar-refractivity contribution in [3.63, 3.8) is 0 Å². The Morgan fingerprint density at radius 1 is 1.24 bits per heavy atom. The van der Waals surface area contributed by atoms with Crippen molar-refractivity contribution in [2.75, 3.05) is 13.7 Å². The predicted octanol–water partition coefficient (Wildman–Crippen LogP) is 2.25. The highest BCUT2D eigenvalue weighted by Crippen LogP contribution is 2.21. The topological polar surface area (TPSA) is 38.3 Å². The molecule has 0 aliphatic carbocycles. The minimum atomic E-state index is -0.0904. The number of nitrogens with one attached hydrogen (secondary N) is 1. The van der Waals surface area contributed by atoms with Gasteiger partial charge >= 0.3 is 0 Å². The van der Waals surface area contributed by atoms with E-state index in [1.165, 1.54) is 12.7 Å². The Hall–Kier alpha value is -1.35. The number of methoxy groups -OCH3 is 1. The molecule has 0 atom stereocenters. The molecule has 0 radical (unpaired) electrons. The van der Waals surface area contributed by atoms with Gasteiger partial charge in [0.05, 0.1) is 0 Å². The summed E-state index contributed by atoms with van der Waals surface area (Å²) in [6.45, 7) is 7.21. The zero-order valence-electron chi connectivity index (χ0n) is 11.0. The van der Waals surface area contributed by atoms with Gasteiger partial charge in [0.2, 0.25) is 5.91 Å². The fraction of sp³-hybridized carbons (Fsp3) is 0.500. The summed E-state index contributed by atoms with van der Waals surface area (Å²) in [7, 11) is 1.51. The summed E-state index contributed by atoms with van der Waals surface area (Å²) in [4.78, 5) is 11.2. The number of benzene rings is 1. The van der Waals surface area contributed by atoms with Crippen LogP contribution in [0.5, 0.6) is 0 Å². The average Bonchev–Trinajstić information content (AvgIpc) is 2.26. The fourth-order valence-corrected chi connectivity index (χ4v) is 1.51. The van der Waals surface area contributed by atoms with Crippen molar-refractivity contribution in [3.05, 3.63) is 35.4 Å². The van der Waals surface area contributed by atoms with Crippen LogP contribution < -0.4 is 5.32 Å². The number of carbonyl (C=O) groups excluding carboxylic acids is 1. The Labute approximate surface area is 103 Å². The van der Waals surface area contributed by atoms with Crippen LogP contribution in [0.3, 0.4) is 0 Å². The second-order valence-corrected chi connectivity index (χ2v) is 5.16. The molecule has 0 aliphatic rings. The number of hydrogen-bond acceptors (Lipinski definition) is 2. The SMILES string of the molecule is COCC(=O)NCc1ccc(C(C)(C)C)cc1. The van der Waals surface area contributed by atoms with Gasteiger partial charge in [-0.2, -0.15) is 0 Å². The fourth-order valence-electron chi connectivity index (χ4n) is 1.51. The number of ether oxygens (including phenoxy) is 1. The van der Waals surface area contributed by atoms with Crippen LogP contribution in [0.25, 0.3) is 0 Å². The molecule has 3 nitrogen and oxygen atoms in total. The van der Waals surface area contributed by atoms with Gasteiger partial charge in [-0.25, -0.2) is 0 Å². The van der Waals surface area contributed by atoms with Gasteiger partial charge in [-0.1, -0.05) is 45.0 Å². The zero-order valence-corrected chi connectivity index (χ0v) is 11.0. The van der Waals surface area contributed by atoms with Gasteiger partial charge in [-0.15, -0.1) is 0 Å². The molecular formula is C14H21NO2. The second-order valence-electron chi connectivity index (χ2n) is 5.16. The summed E-state index contributed by atoms with van der Waals surface area (Å²) < 4.78 is 4.74. The molecule has 0 bridgehead atoms. The van der Waals surface area contributed by atoms with Gasteiger partial charge in [-0.05, 0) is 16.5 Å². The summed E-state index contributed by atoms with van der Waals surface area (Å²) in [5, 5.41) is 2.79. The summed E-state index contributed by atoms with van der Waals surface area (Å²) in [6, 6.07) is 8.32. The zero-order chi connectivity index (χ0) is 12.9. The maximum absolute atomic E-state index is 11.2. The van der Waals surface area contributed by atoms with Crippen molar-refractivity contribution in [3.8, 4) is 0 Å². The third kappa shape index (κ3) is 4.57. The average molecular weight is 235 g/mol. The van der Waals surface area contributed by atoms with Gasteiger partial charge in [0, 0.05) is 13.7 Å². The van der Waals surface area contributed by atoms with Gasteiger partial charge in [0.15, 0.2) is 0 Å². The molecule has 0 spiro atoms. The Kier molecular flexibility index (Phi) is 4.70. The maximum atomic E-state index is 11.2. The molecule has 0 heterocycles. The van der Waals surface area contributed by atoms with E-state index < -0.39 is 0 Å². The van der Waals surface area contributed by atoms with E-state index in [4.69, 9.17) is 4.74 Å². The minimum Gasteiger partial charge on any atom is -0.375 e. The van der Waals surface area contributed by atoms with Gasteiger partial charge in [0.25, 0.3) is 0 Å². The van der Waals surface area contributed by atoms with Crippen molar-refractivity contribution >= 4 is 5.91 Å². The summed E-state index contributed by atoms with van der Waals surface area (Å²) in [5.41, 5.74) is 2.56. The lowest BCUT2D eigenvalue weighted by Crippen LogP contribution is -2.26. The van der Waals surface area contributed by atoms with E-state index in [0.717, 1.165) is 5.56 Å². The van der Waals surface area contributed by atoms with Gasteiger partial charge in [0.1, 0.15) is 6.61 Å². The molecule has 1 N–H and O–H groups in total. The van der Waals surface area contributed by atoms with Crippen LogP contribution in [-0.2, 0) is 21.5 Å². The molecule has 1 amide bonds. The molecule has 1 rings (SSSR count). The first-order valence-electron chi connectivity index (χ1n) is 5.78. The highest BCUT2D eigenvalue weighted by Gasteiger charge is 2.12. The van der Waals surface area contributed by atoms with Crippen LogP contribution in [0, 0.1) is 0 Å². The van der Waals surface area contributed by atoms with Crippen molar-refractivity contribution in [1.82, 2.24) is 5.32 Å². The molecule has 0 saturated carbocycles. The summed E-state index contributed by atoms with van der Waals surface area (Å²) in [5.74, 6) is -0.0904. The second kappa shape index (κ2) is 5.82. The van der Waals surface area contributed by atoms with Crippen LogP contribution in [0.1, 0.15) is 31.9 Å². The summed E-state index contributed by atoms with van der Waals surface area (Å²) >= 11 is 0. The molecule has 17 heavy (non-hydrogen) atoms. The molecule has 0 saturated heterocycles. The number of carbonyl (C=O) groups is 1. The number of hydrogen-bond donors (Lipinski definition) is 1. The smallest absolute Gasteiger partial charge is 0.246 e. The van der Waals surface area contributed by atoms with Crippen LogP contribution >= 0.6 is 0 Å². The van der Waals surface area contributed by atoms with E-state index >= 15 is 0 Å². The number of rotatable bonds is 4.